The average molecular weight is 472 g/mol. The first kappa shape index (κ1) is 23.9. The Balaban J connectivity index is 2.11. The molecule has 0 unspecified atom stereocenters. The maximum atomic E-state index is 12.1. The van der Waals surface area contributed by atoms with Crippen LogP contribution in [0.5, 0.6) is 23.1 Å². The van der Waals surface area contributed by atoms with Crippen molar-refractivity contribution in [3.8, 4) is 34.8 Å². The highest BCUT2D eigenvalue weighted by atomic mass is 32.2. The number of aromatic nitrogens is 4. The van der Waals surface area contributed by atoms with E-state index in [1.807, 2.05) is 19.1 Å². The Hall–Kier alpha value is -3.73. The number of nitrogens with zero attached hydrogens (tertiary/aromatic N) is 4. The number of hydrogen-bond acceptors (Lipinski definition) is 9. The normalized spacial score (nSPS) is 11.4. The van der Waals surface area contributed by atoms with E-state index < -0.39 is 10.0 Å². The summed E-state index contributed by atoms with van der Waals surface area (Å²) >= 11 is 0. The lowest BCUT2D eigenvalue weighted by Crippen LogP contribution is -2.14. The molecule has 10 nitrogen and oxygen atoms in total. The summed E-state index contributed by atoms with van der Waals surface area (Å²) in [6.07, 6.45) is 9.62. The van der Waals surface area contributed by atoms with E-state index in [1.54, 1.807) is 30.3 Å². The zero-order valence-electron chi connectivity index (χ0n) is 18.6. The third-order valence-corrected chi connectivity index (χ3v) is 4.65. The van der Waals surface area contributed by atoms with Crippen molar-refractivity contribution in [2.24, 2.45) is 0 Å². The first-order valence-electron chi connectivity index (χ1n) is 10.2. The molecule has 1 aromatic carbocycles. The van der Waals surface area contributed by atoms with E-state index in [0.29, 0.717) is 17.9 Å². The maximum absolute atomic E-state index is 12.1. The van der Waals surface area contributed by atoms with Gasteiger partial charge in [0, 0.05) is 12.4 Å². The average Bonchev–Trinajstić information content (AvgIpc) is 2.80. The highest BCUT2D eigenvalue weighted by Gasteiger charge is 2.23. The third kappa shape index (κ3) is 6.88. The molecule has 3 rings (SSSR count). The molecular formula is C22H25N5O5S. The molecular weight excluding hydrogens is 446 g/mol. The molecule has 174 valence electrons. The van der Waals surface area contributed by atoms with Crippen LogP contribution >= 0.6 is 0 Å². The minimum absolute atomic E-state index is 0.0101. The van der Waals surface area contributed by atoms with Gasteiger partial charge in [-0.25, -0.2) is 23.4 Å². The van der Waals surface area contributed by atoms with Crippen LogP contribution in [0.4, 0.5) is 5.82 Å². The highest BCUT2D eigenvalue weighted by molar-refractivity contribution is 7.92. The van der Waals surface area contributed by atoms with Gasteiger partial charge in [-0.2, -0.15) is 4.98 Å². The number of hydrogen-bond donors (Lipinski definition) is 1. The van der Waals surface area contributed by atoms with Crippen LogP contribution in [0.1, 0.15) is 19.8 Å². The number of para-hydroxylation sites is 2. The minimum atomic E-state index is -3.71. The SMILES string of the molecule is CC/C=C/CCOc1nc(-c2ncccn2)nc(NS(C)(=O)=O)c1Oc1ccccc1OC. The van der Waals surface area contributed by atoms with E-state index in [-0.39, 0.29) is 35.7 Å². The van der Waals surface area contributed by atoms with Gasteiger partial charge in [-0.05, 0) is 31.0 Å². The Kier molecular flexibility index (Phi) is 8.14. The van der Waals surface area contributed by atoms with Crippen LogP contribution in [0.25, 0.3) is 11.6 Å². The molecule has 0 spiro atoms. The fourth-order valence-electron chi connectivity index (χ4n) is 2.70. The molecule has 1 N–H and O–H groups in total. The molecule has 2 aromatic heterocycles. The van der Waals surface area contributed by atoms with Gasteiger partial charge < -0.3 is 14.2 Å². The molecule has 3 aromatic rings. The van der Waals surface area contributed by atoms with Crippen molar-refractivity contribution in [3.63, 3.8) is 0 Å². The summed E-state index contributed by atoms with van der Waals surface area (Å²) in [5.74, 6) is 0.968. The molecule has 0 bridgehead atoms. The third-order valence-electron chi connectivity index (χ3n) is 4.09. The molecule has 0 aliphatic carbocycles. The number of methoxy groups -OCH3 is 1. The molecule has 0 atom stereocenters. The van der Waals surface area contributed by atoms with Crippen LogP contribution in [0, 0.1) is 0 Å². The van der Waals surface area contributed by atoms with Crippen molar-refractivity contribution in [1.82, 2.24) is 19.9 Å². The Morgan fingerprint density at radius 3 is 2.39 bits per heavy atom. The fourth-order valence-corrected chi connectivity index (χ4v) is 3.19. The van der Waals surface area contributed by atoms with Crippen LogP contribution in [-0.2, 0) is 10.0 Å². The summed E-state index contributed by atoms with van der Waals surface area (Å²) in [6.45, 7) is 2.32. The van der Waals surface area contributed by atoms with Crippen molar-refractivity contribution in [2.45, 2.75) is 19.8 Å². The van der Waals surface area contributed by atoms with E-state index in [1.165, 1.54) is 19.5 Å². The quantitative estimate of drug-likeness (QED) is 0.328. The number of allylic oxidation sites excluding steroid dienone is 1. The predicted octanol–water partition coefficient (Wildman–Crippen LogP) is 3.84. The number of sulfonamides is 1. The van der Waals surface area contributed by atoms with Gasteiger partial charge in [0.2, 0.25) is 21.6 Å². The Bertz CT molecular complexity index is 1200. The van der Waals surface area contributed by atoms with E-state index in [9.17, 15) is 8.42 Å². The molecule has 0 radical (unpaired) electrons. The zero-order chi connectivity index (χ0) is 23.7. The van der Waals surface area contributed by atoms with Crippen molar-refractivity contribution in [2.75, 3.05) is 24.7 Å². The summed E-state index contributed by atoms with van der Waals surface area (Å²) in [7, 11) is -2.21. The Morgan fingerprint density at radius 1 is 1.00 bits per heavy atom. The van der Waals surface area contributed by atoms with Crippen molar-refractivity contribution >= 4 is 15.8 Å². The number of anilines is 1. The van der Waals surface area contributed by atoms with Crippen LogP contribution in [-0.4, -0.2) is 48.3 Å². The van der Waals surface area contributed by atoms with Gasteiger partial charge in [-0.1, -0.05) is 31.2 Å². The van der Waals surface area contributed by atoms with Gasteiger partial charge in [0.1, 0.15) is 0 Å². The van der Waals surface area contributed by atoms with Crippen molar-refractivity contribution in [3.05, 3.63) is 54.9 Å². The van der Waals surface area contributed by atoms with Crippen LogP contribution < -0.4 is 18.9 Å². The van der Waals surface area contributed by atoms with Gasteiger partial charge in [0.15, 0.2) is 23.1 Å². The second kappa shape index (κ2) is 11.2. The minimum Gasteiger partial charge on any atom is -0.493 e. The van der Waals surface area contributed by atoms with Gasteiger partial charge in [0.05, 0.1) is 20.0 Å². The Morgan fingerprint density at radius 2 is 1.73 bits per heavy atom. The molecule has 2 heterocycles. The molecule has 0 amide bonds. The van der Waals surface area contributed by atoms with Gasteiger partial charge in [0.25, 0.3) is 5.88 Å². The van der Waals surface area contributed by atoms with Crippen molar-refractivity contribution < 1.29 is 22.6 Å². The summed E-state index contributed by atoms with van der Waals surface area (Å²) in [5.41, 5.74) is 0. The van der Waals surface area contributed by atoms with Crippen LogP contribution in [0.15, 0.2) is 54.9 Å². The summed E-state index contributed by atoms with van der Waals surface area (Å²) < 4.78 is 43.8. The second-order valence-electron chi connectivity index (χ2n) is 6.75. The van der Waals surface area contributed by atoms with Gasteiger partial charge in [-0.15, -0.1) is 0 Å². The fraction of sp³-hybridized carbons (Fsp3) is 0.273. The van der Waals surface area contributed by atoms with E-state index in [4.69, 9.17) is 14.2 Å². The highest BCUT2D eigenvalue weighted by Crippen LogP contribution is 2.40. The molecule has 0 saturated carbocycles. The molecule has 0 fully saturated rings. The first-order chi connectivity index (χ1) is 15.9. The lowest BCUT2D eigenvalue weighted by molar-refractivity contribution is 0.293. The molecule has 33 heavy (non-hydrogen) atoms. The number of benzene rings is 1. The second-order valence-corrected chi connectivity index (χ2v) is 8.49. The van der Waals surface area contributed by atoms with Crippen LogP contribution in [0.2, 0.25) is 0 Å². The summed E-state index contributed by atoms with van der Waals surface area (Å²) in [6, 6.07) is 8.57. The largest absolute Gasteiger partial charge is 0.493 e. The Labute approximate surface area is 192 Å². The monoisotopic (exact) mass is 471 g/mol. The van der Waals surface area contributed by atoms with E-state index in [0.717, 1.165) is 12.7 Å². The first-order valence-corrected chi connectivity index (χ1v) is 12.1. The molecule has 0 saturated heterocycles. The van der Waals surface area contributed by atoms with Crippen molar-refractivity contribution in [1.29, 1.82) is 0 Å². The lowest BCUT2D eigenvalue weighted by atomic mass is 10.3. The topological polar surface area (TPSA) is 125 Å². The van der Waals surface area contributed by atoms with Gasteiger partial charge >= 0.3 is 0 Å². The van der Waals surface area contributed by atoms with E-state index in [2.05, 4.69) is 24.7 Å². The van der Waals surface area contributed by atoms with E-state index >= 15 is 0 Å². The maximum Gasteiger partial charge on any atom is 0.263 e. The number of nitrogens with one attached hydrogen (secondary N) is 1. The molecule has 0 aliphatic rings. The summed E-state index contributed by atoms with van der Waals surface area (Å²) in [4.78, 5) is 17.0. The molecule has 11 heteroatoms. The smallest absolute Gasteiger partial charge is 0.263 e. The number of rotatable bonds is 11. The van der Waals surface area contributed by atoms with Crippen LogP contribution in [0.3, 0.4) is 0 Å². The van der Waals surface area contributed by atoms with Gasteiger partial charge in [-0.3, -0.25) is 4.72 Å². The summed E-state index contributed by atoms with van der Waals surface area (Å²) in [5, 5.41) is 0. The lowest BCUT2D eigenvalue weighted by Gasteiger charge is -2.17. The predicted molar refractivity (Wildman–Crippen MR) is 124 cm³/mol. The number of ether oxygens (including phenoxy) is 3. The molecule has 0 aliphatic heterocycles. The zero-order valence-corrected chi connectivity index (χ0v) is 19.4. The standard InChI is InChI=1S/C22H25N5O5S/c1-4-5-6-9-15-31-22-18(32-17-12-8-7-11-16(17)30-2)19(27-33(3,28)29)25-21(26-22)20-23-13-10-14-24-20/h5-8,10-14H,4,9,15H2,1-3H3,(H,25,26,27)/b6-5+.